The summed E-state index contributed by atoms with van der Waals surface area (Å²) in [6.07, 6.45) is 2.22. The lowest BCUT2D eigenvalue weighted by molar-refractivity contribution is -0.219. The Morgan fingerprint density at radius 1 is 1.10 bits per heavy atom. The molecule has 0 amide bonds. The van der Waals surface area contributed by atoms with E-state index in [2.05, 4.69) is 27.4 Å². The number of carbonyl (C=O) groups is 3. The average molecular weight is 435 g/mol. The van der Waals surface area contributed by atoms with Crippen molar-refractivity contribution in [2.24, 2.45) is 34.5 Å². The predicted molar refractivity (Wildman–Crippen MR) is 110 cm³/mol. The number of ether oxygens (including phenoxy) is 4. The number of esters is 3. The van der Waals surface area contributed by atoms with Crippen molar-refractivity contribution < 1.29 is 33.3 Å². The molecule has 4 fully saturated rings. The van der Waals surface area contributed by atoms with Crippen LogP contribution >= 0.6 is 0 Å². The van der Waals surface area contributed by atoms with E-state index in [0.717, 1.165) is 32.1 Å². The van der Waals surface area contributed by atoms with E-state index in [-0.39, 0.29) is 22.7 Å². The molecule has 7 nitrogen and oxygen atoms in total. The first-order valence-corrected chi connectivity index (χ1v) is 11.3. The van der Waals surface area contributed by atoms with E-state index in [1.807, 2.05) is 0 Å². The Labute approximate surface area is 183 Å². The SMILES string of the molecule is C=C1CCCC(C)(C)[C@@H]2CC[C@@](C)([C@H]3C4C(OC(C)=O)C(=O)O[C@@H]3O[C@H]4OC(C)=O)[C@H]12. The lowest BCUT2D eigenvalue weighted by Crippen LogP contribution is -2.54. The predicted octanol–water partition coefficient (Wildman–Crippen LogP) is 3.75. The molecule has 2 unspecified atom stereocenters. The highest BCUT2D eigenvalue weighted by molar-refractivity contribution is 5.80. The first kappa shape index (κ1) is 22.3. The highest BCUT2D eigenvalue weighted by atomic mass is 16.8. The van der Waals surface area contributed by atoms with Gasteiger partial charge in [-0.25, -0.2) is 4.79 Å². The number of hydrogen-bond acceptors (Lipinski definition) is 7. The third-order valence-electron chi connectivity index (χ3n) is 8.31. The lowest BCUT2D eigenvalue weighted by atomic mass is 9.58. The second-order valence-electron chi connectivity index (χ2n) is 10.7. The molecule has 31 heavy (non-hydrogen) atoms. The van der Waals surface area contributed by atoms with Gasteiger partial charge in [0.1, 0.15) is 0 Å². The summed E-state index contributed by atoms with van der Waals surface area (Å²) in [5, 5.41) is 0. The summed E-state index contributed by atoms with van der Waals surface area (Å²) >= 11 is 0. The molecule has 0 radical (unpaired) electrons. The highest BCUT2D eigenvalue weighted by Gasteiger charge is 2.68. The van der Waals surface area contributed by atoms with E-state index in [1.54, 1.807) is 0 Å². The zero-order chi connectivity index (χ0) is 22.7. The number of allylic oxidation sites excluding steroid dienone is 1. The van der Waals surface area contributed by atoms with Crippen LogP contribution in [0.15, 0.2) is 12.2 Å². The van der Waals surface area contributed by atoms with Crippen molar-refractivity contribution in [2.75, 3.05) is 0 Å². The summed E-state index contributed by atoms with van der Waals surface area (Å²) in [6.45, 7) is 13.9. The quantitative estimate of drug-likeness (QED) is 0.380. The molecule has 0 aromatic carbocycles. The third-order valence-corrected chi connectivity index (χ3v) is 8.31. The zero-order valence-electron chi connectivity index (χ0n) is 19.1. The van der Waals surface area contributed by atoms with Gasteiger partial charge in [-0.15, -0.1) is 0 Å². The summed E-state index contributed by atoms with van der Waals surface area (Å²) in [5.74, 6) is -1.92. The average Bonchev–Trinajstić information content (AvgIpc) is 3.10. The highest BCUT2D eigenvalue weighted by Crippen LogP contribution is 2.66. The van der Waals surface area contributed by atoms with Crippen LogP contribution in [0.1, 0.15) is 66.7 Å². The minimum absolute atomic E-state index is 0.178. The first-order valence-electron chi connectivity index (χ1n) is 11.3. The van der Waals surface area contributed by atoms with Gasteiger partial charge in [-0.1, -0.05) is 32.9 Å². The van der Waals surface area contributed by atoms with Gasteiger partial charge in [0.05, 0.1) is 5.92 Å². The van der Waals surface area contributed by atoms with Gasteiger partial charge in [0, 0.05) is 19.8 Å². The van der Waals surface area contributed by atoms with Crippen molar-refractivity contribution in [1.29, 1.82) is 0 Å². The van der Waals surface area contributed by atoms with Gasteiger partial charge in [-0.2, -0.15) is 0 Å². The standard InChI is InChI=1S/C24H34O7/c1-12-8-7-10-23(4,5)15-9-11-24(6,17(12)15)18-16-19(28-13(2)25)20(27)30-22(18)31-21(16)29-14(3)26/h15-19,21-22H,1,7-11H2,2-6H3/t15-,16?,17-,18+,19?,21-,22-,24-/m1/s1. The molecule has 2 aliphatic heterocycles. The van der Waals surface area contributed by atoms with E-state index in [9.17, 15) is 14.4 Å². The molecule has 8 atom stereocenters. The maximum Gasteiger partial charge on any atom is 0.350 e. The van der Waals surface area contributed by atoms with Crippen LogP contribution in [0, 0.1) is 34.5 Å². The van der Waals surface area contributed by atoms with E-state index in [4.69, 9.17) is 18.9 Å². The number of carbonyl (C=O) groups excluding carboxylic acids is 3. The van der Waals surface area contributed by atoms with Crippen LogP contribution in [0.2, 0.25) is 0 Å². The topological polar surface area (TPSA) is 88.1 Å². The molecule has 2 aliphatic carbocycles. The molecule has 2 heterocycles. The van der Waals surface area contributed by atoms with Gasteiger partial charge in [-0.05, 0) is 54.8 Å². The van der Waals surface area contributed by atoms with Crippen molar-refractivity contribution in [3.8, 4) is 0 Å². The molecule has 0 aromatic heterocycles. The van der Waals surface area contributed by atoms with Gasteiger partial charge in [0.25, 0.3) is 0 Å². The van der Waals surface area contributed by atoms with Gasteiger partial charge < -0.3 is 18.9 Å². The van der Waals surface area contributed by atoms with Crippen molar-refractivity contribution in [3.63, 3.8) is 0 Å². The molecule has 7 heteroatoms. The van der Waals surface area contributed by atoms with Crippen LogP contribution in [-0.2, 0) is 33.3 Å². The Morgan fingerprint density at radius 2 is 1.77 bits per heavy atom. The Hall–Kier alpha value is -1.89. The largest absolute Gasteiger partial charge is 0.450 e. The fraction of sp³-hybridized carbons (Fsp3) is 0.792. The molecule has 0 spiro atoms. The molecule has 2 saturated heterocycles. The molecular formula is C24H34O7. The molecule has 4 aliphatic rings. The zero-order valence-corrected chi connectivity index (χ0v) is 19.1. The van der Waals surface area contributed by atoms with Crippen LogP contribution in [0.4, 0.5) is 0 Å². The minimum atomic E-state index is -1.16. The summed E-state index contributed by atoms with van der Waals surface area (Å²) in [5.41, 5.74) is 1.13. The van der Waals surface area contributed by atoms with E-state index in [1.165, 1.54) is 19.4 Å². The van der Waals surface area contributed by atoms with Crippen LogP contribution in [0.5, 0.6) is 0 Å². The third kappa shape index (κ3) is 3.59. The molecule has 0 aromatic rings. The van der Waals surface area contributed by atoms with Gasteiger partial charge in [0.15, 0.2) is 0 Å². The minimum Gasteiger partial charge on any atom is -0.450 e. The normalized spacial score (nSPS) is 43.6. The Morgan fingerprint density at radius 3 is 2.42 bits per heavy atom. The Kier molecular flexibility index (Phi) is 5.48. The van der Waals surface area contributed by atoms with Gasteiger partial charge in [-0.3, -0.25) is 9.59 Å². The van der Waals surface area contributed by atoms with Crippen molar-refractivity contribution in [1.82, 2.24) is 0 Å². The van der Waals surface area contributed by atoms with Gasteiger partial charge >= 0.3 is 17.9 Å². The van der Waals surface area contributed by atoms with Crippen LogP contribution in [0.25, 0.3) is 0 Å². The summed E-state index contributed by atoms with van der Waals surface area (Å²) in [7, 11) is 0. The van der Waals surface area contributed by atoms with E-state index >= 15 is 0 Å². The second kappa shape index (κ2) is 7.61. The van der Waals surface area contributed by atoms with Crippen molar-refractivity contribution >= 4 is 17.9 Å². The van der Waals surface area contributed by atoms with Crippen LogP contribution in [-0.4, -0.2) is 36.6 Å². The van der Waals surface area contributed by atoms with E-state index < -0.39 is 42.5 Å². The number of hydrogen-bond donors (Lipinski definition) is 0. The second-order valence-corrected chi connectivity index (χ2v) is 10.7. The Bertz CT molecular complexity index is 802. The molecule has 0 N–H and O–H groups in total. The summed E-state index contributed by atoms with van der Waals surface area (Å²) in [4.78, 5) is 36.2. The molecule has 4 rings (SSSR count). The number of rotatable bonds is 3. The van der Waals surface area contributed by atoms with Crippen molar-refractivity contribution in [2.45, 2.75) is 85.4 Å². The maximum atomic E-state index is 12.7. The smallest absolute Gasteiger partial charge is 0.350 e. The fourth-order valence-corrected chi connectivity index (χ4v) is 7.08. The fourth-order valence-electron chi connectivity index (χ4n) is 7.08. The lowest BCUT2D eigenvalue weighted by Gasteiger charge is -2.47. The Balaban J connectivity index is 1.76. The summed E-state index contributed by atoms with van der Waals surface area (Å²) < 4.78 is 22.4. The van der Waals surface area contributed by atoms with Crippen LogP contribution < -0.4 is 0 Å². The van der Waals surface area contributed by atoms with Crippen LogP contribution in [0.3, 0.4) is 0 Å². The van der Waals surface area contributed by atoms with Gasteiger partial charge in [0.2, 0.25) is 18.7 Å². The molecule has 172 valence electrons. The van der Waals surface area contributed by atoms with Crippen molar-refractivity contribution in [3.05, 3.63) is 12.2 Å². The molecule has 2 bridgehead atoms. The number of fused-ring (bicyclic) bond motifs is 3. The summed E-state index contributed by atoms with van der Waals surface area (Å²) in [6, 6.07) is 0. The maximum absolute atomic E-state index is 12.7. The monoisotopic (exact) mass is 434 g/mol. The van der Waals surface area contributed by atoms with E-state index in [0.29, 0.717) is 5.92 Å². The molecular weight excluding hydrogens is 400 g/mol. The molecule has 2 saturated carbocycles. The first-order chi connectivity index (χ1) is 14.5.